The Balaban J connectivity index is 1.26. The Hall–Kier alpha value is -2.35. The summed E-state index contributed by atoms with van der Waals surface area (Å²) in [7, 11) is 0. The lowest BCUT2D eigenvalue weighted by molar-refractivity contribution is -0.144. The molecule has 0 aliphatic heterocycles. The number of hydrogen-bond donors (Lipinski definition) is 0. The van der Waals surface area contributed by atoms with Crippen LogP contribution >= 0.6 is 0 Å². The summed E-state index contributed by atoms with van der Waals surface area (Å²) in [6.07, 6.45) is 21.7. The van der Waals surface area contributed by atoms with Crippen LogP contribution in [-0.2, 0) is 9.53 Å². The van der Waals surface area contributed by atoms with Crippen molar-refractivity contribution < 1.29 is 9.53 Å². The van der Waals surface area contributed by atoms with Gasteiger partial charge in [-0.2, -0.15) is 0 Å². The summed E-state index contributed by atoms with van der Waals surface area (Å²) in [5.74, 6) is 3.90. The molecule has 2 unspecified atom stereocenters. The first kappa shape index (κ1) is 30.1. The van der Waals surface area contributed by atoms with Gasteiger partial charge < -0.3 is 4.74 Å². The number of carbonyl (C=O) groups is 1. The largest absolute Gasteiger partial charge is 0.459 e. The number of hydrogen-bond acceptors (Lipinski definition) is 2. The van der Waals surface area contributed by atoms with Crippen molar-refractivity contribution in [1.82, 2.24) is 0 Å². The highest BCUT2D eigenvalue weighted by Crippen LogP contribution is 2.66. The van der Waals surface area contributed by atoms with Crippen LogP contribution in [0.2, 0.25) is 0 Å². The Morgan fingerprint density at radius 2 is 1.71 bits per heavy atom. The van der Waals surface area contributed by atoms with Crippen molar-refractivity contribution >= 4 is 12.0 Å². The molecule has 5 rings (SSSR count). The topological polar surface area (TPSA) is 26.3 Å². The van der Waals surface area contributed by atoms with Crippen LogP contribution in [0, 0.1) is 60.2 Å². The number of carbonyl (C=O) groups excluding carboxylic acids is 1. The first-order chi connectivity index (χ1) is 19.4. The summed E-state index contributed by atoms with van der Waals surface area (Å²) in [5.41, 5.74) is 7.41. The maximum absolute atomic E-state index is 12.7. The molecule has 0 bridgehead atoms. The number of allylic oxidation sites excluding steroid dienone is 5. The van der Waals surface area contributed by atoms with Crippen LogP contribution in [0.1, 0.15) is 103 Å². The molecule has 2 heteroatoms. The van der Waals surface area contributed by atoms with E-state index in [1.165, 1.54) is 42.4 Å². The Kier molecular flexibility index (Phi) is 8.62. The number of rotatable bonds is 7. The molecular weight excluding hydrogens is 500 g/mol. The van der Waals surface area contributed by atoms with Gasteiger partial charge >= 0.3 is 5.97 Å². The summed E-state index contributed by atoms with van der Waals surface area (Å²) < 4.78 is 5.98. The van der Waals surface area contributed by atoms with Crippen molar-refractivity contribution in [3.8, 4) is 0 Å². The fourth-order valence-electron chi connectivity index (χ4n) is 8.92. The molecule has 0 heterocycles. The van der Waals surface area contributed by atoms with Gasteiger partial charge in [-0.05, 0) is 121 Å². The predicted molar refractivity (Wildman–Crippen MR) is 172 cm³/mol. The van der Waals surface area contributed by atoms with E-state index in [-0.39, 0.29) is 17.5 Å². The van der Waals surface area contributed by atoms with Gasteiger partial charge in [0.2, 0.25) is 0 Å². The zero-order valence-electron chi connectivity index (χ0n) is 27.0. The molecule has 4 aliphatic rings. The van der Waals surface area contributed by atoms with Gasteiger partial charge in [-0.15, -0.1) is 0 Å². The monoisotopic (exact) mass is 554 g/mol. The number of aryl methyl sites for hydroxylation is 2. The van der Waals surface area contributed by atoms with Crippen molar-refractivity contribution in [2.75, 3.05) is 0 Å². The third-order valence-electron chi connectivity index (χ3n) is 12.2. The standard InChI is InChI=1S/C39H54O2/c1-25(2)26(3)9-10-28(5)34-16-17-35-33-15-14-31-24-32(19-21-38(31,7)36(33)20-22-39(34,35)8)41-37(40)18-13-30-12-11-27(4)29(6)23-30/h9-15,18,23,25-26,28,32,34-36H,16-17,19-22,24H2,1-8H3/b10-9+,18-13+/t26-,28+,32-,34+,35?,36?,38-,39+/m0/s1. The minimum Gasteiger partial charge on any atom is -0.459 e. The van der Waals surface area contributed by atoms with E-state index in [1.54, 1.807) is 11.6 Å². The molecule has 0 saturated heterocycles. The van der Waals surface area contributed by atoms with Gasteiger partial charge in [-0.1, -0.05) is 95.2 Å². The van der Waals surface area contributed by atoms with Crippen LogP contribution in [0.3, 0.4) is 0 Å². The molecule has 3 saturated carbocycles. The maximum atomic E-state index is 12.7. The number of benzene rings is 1. The molecule has 4 aliphatic carbocycles. The number of esters is 1. The second-order valence-corrected chi connectivity index (χ2v) is 14.9. The SMILES string of the molecule is Cc1ccc(/C=C/C(=O)O[C@H]2CC[C@@]3(C)C(=CC=C4C3CC[C@@]3(C)C4CC[C@@H]3[C@H](C)/C=C/[C@H](C)C(C)C)C2)cc1C. The fraction of sp³-hybridized carbons (Fsp3) is 0.615. The van der Waals surface area contributed by atoms with Crippen LogP contribution in [0.5, 0.6) is 0 Å². The molecule has 0 radical (unpaired) electrons. The molecule has 1 aromatic carbocycles. The van der Waals surface area contributed by atoms with Crippen molar-refractivity contribution in [2.45, 2.75) is 106 Å². The van der Waals surface area contributed by atoms with Crippen LogP contribution in [0.4, 0.5) is 0 Å². The zero-order chi connectivity index (χ0) is 29.5. The summed E-state index contributed by atoms with van der Waals surface area (Å²) in [6, 6.07) is 6.28. The minimum atomic E-state index is -0.221. The second-order valence-electron chi connectivity index (χ2n) is 14.9. The first-order valence-electron chi connectivity index (χ1n) is 16.5. The van der Waals surface area contributed by atoms with E-state index in [9.17, 15) is 4.79 Å². The Morgan fingerprint density at radius 1 is 0.927 bits per heavy atom. The van der Waals surface area contributed by atoms with E-state index < -0.39 is 0 Å². The highest BCUT2D eigenvalue weighted by Gasteiger charge is 2.57. The summed E-state index contributed by atoms with van der Waals surface area (Å²) in [4.78, 5) is 12.7. The lowest BCUT2D eigenvalue weighted by atomic mass is 9.50. The molecule has 41 heavy (non-hydrogen) atoms. The van der Waals surface area contributed by atoms with Crippen LogP contribution in [-0.4, -0.2) is 12.1 Å². The molecule has 0 aromatic heterocycles. The summed E-state index contributed by atoms with van der Waals surface area (Å²) >= 11 is 0. The van der Waals surface area contributed by atoms with Gasteiger partial charge in [0.15, 0.2) is 0 Å². The Bertz CT molecular complexity index is 1260. The molecular formula is C39H54O2. The van der Waals surface area contributed by atoms with Crippen LogP contribution in [0.25, 0.3) is 6.08 Å². The lowest BCUT2D eigenvalue weighted by Crippen LogP contribution is -2.46. The van der Waals surface area contributed by atoms with Gasteiger partial charge in [-0.3, -0.25) is 0 Å². The van der Waals surface area contributed by atoms with E-state index in [2.05, 4.69) is 97.9 Å². The second kappa shape index (κ2) is 11.7. The van der Waals surface area contributed by atoms with Crippen molar-refractivity contribution in [3.63, 3.8) is 0 Å². The molecule has 2 nitrogen and oxygen atoms in total. The molecule has 0 amide bonds. The number of ether oxygens (including phenoxy) is 1. The van der Waals surface area contributed by atoms with Crippen molar-refractivity contribution in [2.24, 2.45) is 46.3 Å². The third kappa shape index (κ3) is 5.82. The maximum Gasteiger partial charge on any atom is 0.331 e. The Labute approximate surface area is 250 Å². The van der Waals surface area contributed by atoms with Gasteiger partial charge in [0.1, 0.15) is 6.10 Å². The molecule has 0 spiro atoms. The predicted octanol–water partition coefficient (Wildman–Crippen LogP) is 10.2. The zero-order valence-corrected chi connectivity index (χ0v) is 27.0. The molecule has 0 N–H and O–H groups in total. The first-order valence-corrected chi connectivity index (χ1v) is 16.5. The van der Waals surface area contributed by atoms with E-state index in [4.69, 9.17) is 4.74 Å². The summed E-state index contributed by atoms with van der Waals surface area (Å²) in [6.45, 7) is 18.8. The fourth-order valence-corrected chi connectivity index (χ4v) is 8.92. The highest BCUT2D eigenvalue weighted by molar-refractivity contribution is 5.87. The van der Waals surface area contributed by atoms with Gasteiger partial charge in [-0.25, -0.2) is 4.79 Å². The van der Waals surface area contributed by atoms with Crippen molar-refractivity contribution in [3.05, 3.63) is 76.4 Å². The van der Waals surface area contributed by atoms with E-state index >= 15 is 0 Å². The smallest absolute Gasteiger partial charge is 0.331 e. The van der Waals surface area contributed by atoms with Crippen molar-refractivity contribution in [1.29, 1.82) is 0 Å². The molecule has 1 aromatic rings. The molecule has 222 valence electrons. The average molecular weight is 555 g/mol. The quantitative estimate of drug-likeness (QED) is 0.190. The normalized spacial score (nSPS) is 34.6. The highest BCUT2D eigenvalue weighted by atomic mass is 16.5. The lowest BCUT2D eigenvalue weighted by Gasteiger charge is -2.55. The minimum absolute atomic E-state index is 0.0215. The van der Waals surface area contributed by atoms with E-state index in [1.807, 2.05) is 6.08 Å². The average Bonchev–Trinajstić information content (AvgIpc) is 3.29. The van der Waals surface area contributed by atoms with Gasteiger partial charge in [0.05, 0.1) is 0 Å². The molecule has 8 atom stereocenters. The van der Waals surface area contributed by atoms with E-state index in [0.717, 1.165) is 30.7 Å². The van der Waals surface area contributed by atoms with Crippen LogP contribution in [0.15, 0.2) is 59.7 Å². The molecule has 3 fully saturated rings. The summed E-state index contributed by atoms with van der Waals surface area (Å²) in [5, 5.41) is 0. The Morgan fingerprint density at radius 3 is 2.44 bits per heavy atom. The third-order valence-corrected chi connectivity index (χ3v) is 12.2. The van der Waals surface area contributed by atoms with Crippen LogP contribution < -0.4 is 0 Å². The number of fused-ring (bicyclic) bond motifs is 5. The van der Waals surface area contributed by atoms with Gasteiger partial charge in [0.25, 0.3) is 0 Å². The van der Waals surface area contributed by atoms with Gasteiger partial charge in [0, 0.05) is 12.5 Å². The van der Waals surface area contributed by atoms with E-state index in [0.29, 0.717) is 35.0 Å².